The van der Waals surface area contributed by atoms with E-state index in [1.165, 1.54) is 6.07 Å². The van der Waals surface area contributed by atoms with Crippen molar-refractivity contribution in [1.82, 2.24) is 0 Å². The smallest absolute Gasteiger partial charge is 0.338 e. The Morgan fingerprint density at radius 2 is 2.14 bits per heavy atom. The first-order chi connectivity index (χ1) is 6.50. The van der Waals surface area contributed by atoms with Gasteiger partial charge in [-0.2, -0.15) is 0 Å². The van der Waals surface area contributed by atoms with Crippen molar-refractivity contribution in [1.29, 1.82) is 0 Å². The van der Waals surface area contributed by atoms with E-state index < -0.39 is 30.1 Å². The lowest BCUT2D eigenvalue weighted by molar-refractivity contribution is -0.142. The molecule has 0 saturated carbocycles. The van der Waals surface area contributed by atoms with E-state index in [0.717, 1.165) is 12.1 Å². The number of benzene rings is 1. The Morgan fingerprint density at radius 1 is 1.50 bits per heavy atom. The van der Waals surface area contributed by atoms with Crippen molar-refractivity contribution in [3.8, 4) is 5.75 Å². The number of hydrogen-bond donors (Lipinski definition) is 2. The van der Waals surface area contributed by atoms with Gasteiger partial charge in [-0.05, 0) is 17.7 Å². The van der Waals surface area contributed by atoms with Crippen LogP contribution in [-0.4, -0.2) is 22.4 Å². The van der Waals surface area contributed by atoms with Gasteiger partial charge in [0, 0.05) is 6.42 Å². The Morgan fingerprint density at radius 3 is 2.64 bits per heavy atom. The molecule has 2 N–H and O–H groups in total. The maximum atomic E-state index is 12.7. The summed E-state index contributed by atoms with van der Waals surface area (Å²) in [5, 5.41) is 17.1. The zero-order valence-corrected chi connectivity index (χ0v) is 7.08. The van der Waals surface area contributed by atoms with Gasteiger partial charge in [0.15, 0.2) is 11.6 Å². The average molecular weight is 202 g/mol. The van der Waals surface area contributed by atoms with Crippen LogP contribution in [-0.2, 0) is 11.2 Å². The topological polar surface area (TPSA) is 57.5 Å². The molecule has 0 bridgehead atoms. The van der Waals surface area contributed by atoms with Gasteiger partial charge in [0.05, 0.1) is 0 Å². The van der Waals surface area contributed by atoms with Crippen LogP contribution in [0.1, 0.15) is 5.56 Å². The van der Waals surface area contributed by atoms with Crippen LogP contribution in [0.15, 0.2) is 18.2 Å². The highest BCUT2D eigenvalue weighted by Gasteiger charge is 2.16. The van der Waals surface area contributed by atoms with Gasteiger partial charge in [-0.15, -0.1) is 0 Å². The summed E-state index contributed by atoms with van der Waals surface area (Å²) < 4.78 is 25.4. The number of carboxylic acids is 1. The number of phenolic OH excluding ortho intramolecular Hbond substituents is 1. The van der Waals surface area contributed by atoms with E-state index in [9.17, 15) is 13.6 Å². The minimum Gasteiger partial charge on any atom is -0.505 e. The van der Waals surface area contributed by atoms with Gasteiger partial charge in [0.1, 0.15) is 0 Å². The van der Waals surface area contributed by atoms with E-state index >= 15 is 0 Å². The molecular formula is C9H8F2O3. The van der Waals surface area contributed by atoms with E-state index in [4.69, 9.17) is 10.2 Å². The first-order valence-corrected chi connectivity index (χ1v) is 3.85. The van der Waals surface area contributed by atoms with Gasteiger partial charge in [-0.3, -0.25) is 0 Å². The molecule has 1 aromatic rings. The van der Waals surface area contributed by atoms with Gasteiger partial charge in [0.25, 0.3) is 0 Å². The minimum atomic E-state index is -2.06. The predicted molar refractivity (Wildman–Crippen MR) is 44.3 cm³/mol. The molecule has 0 heterocycles. The molecule has 0 aromatic heterocycles. The highest BCUT2D eigenvalue weighted by Crippen LogP contribution is 2.17. The summed E-state index contributed by atoms with van der Waals surface area (Å²) in [4.78, 5) is 10.1. The van der Waals surface area contributed by atoms with Gasteiger partial charge in [0.2, 0.25) is 6.17 Å². The molecule has 1 rings (SSSR count). The third-order valence-electron chi connectivity index (χ3n) is 1.69. The summed E-state index contributed by atoms with van der Waals surface area (Å²) in [6.45, 7) is 0. The van der Waals surface area contributed by atoms with Crippen LogP contribution in [0.2, 0.25) is 0 Å². The van der Waals surface area contributed by atoms with Gasteiger partial charge in [-0.1, -0.05) is 6.07 Å². The summed E-state index contributed by atoms with van der Waals surface area (Å²) in [6.07, 6.45) is -2.47. The molecule has 0 spiro atoms. The van der Waals surface area contributed by atoms with Crippen molar-refractivity contribution in [2.45, 2.75) is 12.6 Å². The zero-order chi connectivity index (χ0) is 10.7. The largest absolute Gasteiger partial charge is 0.505 e. The molecule has 1 unspecified atom stereocenters. The highest BCUT2D eigenvalue weighted by atomic mass is 19.1. The van der Waals surface area contributed by atoms with Crippen molar-refractivity contribution in [3.63, 3.8) is 0 Å². The first kappa shape index (κ1) is 10.4. The Labute approximate surface area is 78.6 Å². The molecule has 0 aliphatic rings. The van der Waals surface area contributed by atoms with Gasteiger partial charge in [-0.25, -0.2) is 13.6 Å². The number of phenols is 1. The number of carboxylic acid groups (broad SMARTS) is 1. The molecule has 3 nitrogen and oxygen atoms in total. The molecule has 5 heteroatoms. The van der Waals surface area contributed by atoms with Crippen LogP contribution in [0.25, 0.3) is 0 Å². The second kappa shape index (κ2) is 4.04. The fourth-order valence-electron chi connectivity index (χ4n) is 0.972. The number of rotatable bonds is 3. The minimum absolute atomic E-state index is 0.190. The van der Waals surface area contributed by atoms with Gasteiger partial charge >= 0.3 is 5.97 Å². The van der Waals surface area contributed by atoms with E-state index in [1.807, 2.05) is 0 Å². The molecule has 0 amide bonds. The summed E-state index contributed by atoms with van der Waals surface area (Å²) in [6, 6.07) is 3.23. The van der Waals surface area contributed by atoms with Crippen LogP contribution >= 0.6 is 0 Å². The molecule has 76 valence electrons. The van der Waals surface area contributed by atoms with Crippen molar-refractivity contribution in [2.24, 2.45) is 0 Å². The molecule has 0 aliphatic carbocycles. The van der Waals surface area contributed by atoms with E-state index in [2.05, 4.69) is 0 Å². The number of alkyl halides is 1. The Kier molecular flexibility index (Phi) is 3.01. The SMILES string of the molecule is O=C(O)C(F)Cc1ccc(O)c(F)c1. The molecule has 14 heavy (non-hydrogen) atoms. The molecular weight excluding hydrogens is 194 g/mol. The Hall–Kier alpha value is -1.65. The molecule has 1 atom stereocenters. The maximum Gasteiger partial charge on any atom is 0.338 e. The quantitative estimate of drug-likeness (QED) is 0.780. The summed E-state index contributed by atoms with van der Waals surface area (Å²) in [5.41, 5.74) is 0.190. The Bertz CT molecular complexity index is 352. The molecule has 0 fully saturated rings. The van der Waals surface area contributed by atoms with Crippen LogP contribution in [0, 0.1) is 5.82 Å². The van der Waals surface area contributed by atoms with Crippen molar-refractivity contribution in [3.05, 3.63) is 29.6 Å². The van der Waals surface area contributed by atoms with E-state index in [0.29, 0.717) is 0 Å². The fourth-order valence-corrected chi connectivity index (χ4v) is 0.972. The van der Waals surface area contributed by atoms with Crippen molar-refractivity contribution in [2.75, 3.05) is 0 Å². The number of halogens is 2. The maximum absolute atomic E-state index is 12.7. The zero-order valence-electron chi connectivity index (χ0n) is 7.08. The van der Waals surface area contributed by atoms with Crippen LogP contribution < -0.4 is 0 Å². The summed E-state index contributed by atoms with van der Waals surface area (Å²) >= 11 is 0. The lowest BCUT2D eigenvalue weighted by Crippen LogP contribution is -2.17. The molecule has 1 aromatic carbocycles. The first-order valence-electron chi connectivity index (χ1n) is 3.85. The number of hydrogen-bond acceptors (Lipinski definition) is 2. The number of aliphatic carboxylic acids is 1. The van der Waals surface area contributed by atoms with E-state index in [-0.39, 0.29) is 5.56 Å². The Balaban J connectivity index is 2.78. The third-order valence-corrected chi connectivity index (χ3v) is 1.69. The van der Waals surface area contributed by atoms with Crippen LogP contribution in [0.3, 0.4) is 0 Å². The summed E-state index contributed by atoms with van der Waals surface area (Å²) in [5.74, 6) is -3.02. The monoisotopic (exact) mass is 202 g/mol. The molecule has 0 radical (unpaired) electrons. The highest BCUT2D eigenvalue weighted by molar-refractivity contribution is 5.72. The average Bonchev–Trinajstić information content (AvgIpc) is 2.11. The normalized spacial score (nSPS) is 12.4. The van der Waals surface area contributed by atoms with Crippen LogP contribution in [0.5, 0.6) is 5.75 Å². The molecule has 0 saturated heterocycles. The third kappa shape index (κ3) is 2.42. The number of aromatic hydroxyl groups is 1. The predicted octanol–water partition coefficient (Wildman–Crippen LogP) is 1.50. The van der Waals surface area contributed by atoms with Crippen LogP contribution in [0.4, 0.5) is 8.78 Å². The fraction of sp³-hybridized carbons (Fsp3) is 0.222. The van der Waals surface area contributed by atoms with E-state index in [1.54, 1.807) is 0 Å². The van der Waals surface area contributed by atoms with Crippen molar-refractivity contribution >= 4 is 5.97 Å². The van der Waals surface area contributed by atoms with Crippen molar-refractivity contribution < 1.29 is 23.8 Å². The standard InChI is InChI=1S/C9H8F2O3/c10-6-3-5(1-2-8(6)12)4-7(11)9(13)14/h1-3,7,12H,4H2,(H,13,14). The second-order valence-electron chi connectivity index (χ2n) is 2.80. The lowest BCUT2D eigenvalue weighted by Gasteiger charge is -2.03. The summed E-state index contributed by atoms with van der Waals surface area (Å²) in [7, 11) is 0. The lowest BCUT2D eigenvalue weighted by atomic mass is 10.1. The van der Waals surface area contributed by atoms with Gasteiger partial charge < -0.3 is 10.2 Å². The number of carbonyl (C=O) groups is 1. The molecule has 0 aliphatic heterocycles. The second-order valence-corrected chi connectivity index (χ2v) is 2.80.